The number of benzene rings is 1. The fraction of sp³-hybridized carbons (Fsp3) is 0.310. The summed E-state index contributed by atoms with van der Waals surface area (Å²) in [6.07, 6.45) is 8.49. The lowest BCUT2D eigenvalue weighted by molar-refractivity contribution is 0.560. The molecule has 7 heteroatoms. The van der Waals surface area contributed by atoms with Gasteiger partial charge in [-0.25, -0.2) is 9.97 Å². The summed E-state index contributed by atoms with van der Waals surface area (Å²) in [7, 11) is 0. The molecule has 1 fully saturated rings. The number of fused-ring (bicyclic) bond motifs is 1. The largest absolute Gasteiger partial charge is 0.354 e. The Morgan fingerprint density at radius 3 is 2.58 bits per heavy atom. The van der Waals surface area contributed by atoms with Crippen LogP contribution in [0.15, 0.2) is 61.2 Å². The second-order valence-corrected chi connectivity index (χ2v) is 10.2. The third-order valence-corrected chi connectivity index (χ3v) is 6.87. The summed E-state index contributed by atoms with van der Waals surface area (Å²) in [6, 6.07) is 14.5. The highest BCUT2D eigenvalue weighted by atomic mass is 15.3. The van der Waals surface area contributed by atoms with Gasteiger partial charge in [0.15, 0.2) is 0 Å². The second kappa shape index (κ2) is 8.90. The molecule has 6 rings (SSSR count). The van der Waals surface area contributed by atoms with Gasteiger partial charge in [-0.1, -0.05) is 19.9 Å². The van der Waals surface area contributed by atoms with Crippen molar-refractivity contribution < 1.29 is 0 Å². The number of anilines is 2. The highest BCUT2D eigenvalue weighted by Crippen LogP contribution is 2.34. The fourth-order valence-corrected chi connectivity index (χ4v) is 4.67. The van der Waals surface area contributed by atoms with Crippen molar-refractivity contribution in [3.05, 3.63) is 78.1 Å². The highest BCUT2D eigenvalue weighted by Gasteiger charge is 2.23. The van der Waals surface area contributed by atoms with E-state index in [1.54, 1.807) is 0 Å². The van der Waals surface area contributed by atoms with Crippen LogP contribution in [0.1, 0.15) is 49.6 Å². The van der Waals surface area contributed by atoms with Crippen LogP contribution >= 0.6 is 0 Å². The molecule has 0 atom stereocenters. The van der Waals surface area contributed by atoms with Gasteiger partial charge in [-0.05, 0) is 80.5 Å². The monoisotopic (exact) mass is 477 g/mol. The number of rotatable bonds is 7. The molecular formula is C29H31N7. The van der Waals surface area contributed by atoms with Crippen molar-refractivity contribution in [1.29, 1.82) is 0 Å². The number of aryl methyl sites for hydroxylation is 2. The van der Waals surface area contributed by atoms with Crippen LogP contribution in [0.2, 0.25) is 0 Å². The van der Waals surface area contributed by atoms with Gasteiger partial charge in [-0.2, -0.15) is 5.10 Å². The van der Waals surface area contributed by atoms with E-state index in [1.807, 2.05) is 31.6 Å². The van der Waals surface area contributed by atoms with E-state index in [2.05, 4.69) is 81.8 Å². The quantitative estimate of drug-likeness (QED) is 0.287. The van der Waals surface area contributed by atoms with Crippen molar-refractivity contribution in [2.45, 2.75) is 53.0 Å². The average molecular weight is 478 g/mol. The number of nitrogens with zero attached hydrogens (tertiary/aromatic N) is 6. The van der Waals surface area contributed by atoms with Crippen LogP contribution in [0.5, 0.6) is 0 Å². The van der Waals surface area contributed by atoms with E-state index >= 15 is 0 Å². The van der Waals surface area contributed by atoms with Crippen molar-refractivity contribution in [2.24, 2.45) is 5.92 Å². The number of imidazole rings is 1. The molecule has 0 unspecified atom stereocenters. The number of aromatic nitrogens is 6. The molecule has 182 valence electrons. The SMILES string of the molecule is Cc1ccc(Nc2ccc3c(c2)ncn3-c2ccc(C(C)C)c(-c3cn(CC4CC4)nc3C)n2)cn1. The predicted octanol–water partition coefficient (Wildman–Crippen LogP) is 6.57. The maximum Gasteiger partial charge on any atom is 0.139 e. The summed E-state index contributed by atoms with van der Waals surface area (Å²) in [5, 5.41) is 8.22. The summed E-state index contributed by atoms with van der Waals surface area (Å²) < 4.78 is 4.16. The second-order valence-electron chi connectivity index (χ2n) is 10.2. The minimum atomic E-state index is 0.358. The van der Waals surface area contributed by atoms with Crippen molar-refractivity contribution in [2.75, 3.05) is 5.32 Å². The zero-order valence-electron chi connectivity index (χ0n) is 21.2. The molecule has 0 radical (unpaired) electrons. The molecule has 0 aliphatic heterocycles. The van der Waals surface area contributed by atoms with Gasteiger partial charge in [0.05, 0.1) is 34.3 Å². The molecule has 0 bridgehead atoms. The van der Waals surface area contributed by atoms with Crippen LogP contribution in [-0.2, 0) is 6.54 Å². The first-order valence-electron chi connectivity index (χ1n) is 12.7. The fourth-order valence-electron chi connectivity index (χ4n) is 4.67. The van der Waals surface area contributed by atoms with Crippen molar-refractivity contribution in [3.8, 4) is 17.1 Å². The normalized spacial score (nSPS) is 13.6. The lowest BCUT2D eigenvalue weighted by Gasteiger charge is -2.14. The Morgan fingerprint density at radius 2 is 1.83 bits per heavy atom. The molecule has 0 saturated heterocycles. The Morgan fingerprint density at radius 1 is 1.00 bits per heavy atom. The first-order valence-corrected chi connectivity index (χ1v) is 12.7. The van der Waals surface area contributed by atoms with Crippen LogP contribution in [0.4, 0.5) is 11.4 Å². The molecule has 1 aliphatic carbocycles. The molecular weight excluding hydrogens is 446 g/mol. The Hall–Kier alpha value is -4.00. The van der Waals surface area contributed by atoms with Gasteiger partial charge in [-0.15, -0.1) is 0 Å². The number of hydrogen-bond donors (Lipinski definition) is 1. The predicted molar refractivity (Wildman–Crippen MR) is 144 cm³/mol. The standard InChI is InChI=1S/C29H31N7/c1-18(2)24-10-12-28(33-29(24)25-16-35(34-20(25)4)15-21-6-7-21)36-17-31-26-13-22(9-11-27(26)36)32-23-8-5-19(3)30-14-23/h5,8-14,16-18,21,32H,6-7,15H2,1-4H3. The molecule has 7 nitrogen and oxygen atoms in total. The zero-order valence-corrected chi connectivity index (χ0v) is 21.2. The summed E-state index contributed by atoms with van der Waals surface area (Å²) in [4.78, 5) is 14.2. The van der Waals surface area contributed by atoms with Crippen molar-refractivity contribution in [1.82, 2.24) is 29.3 Å². The van der Waals surface area contributed by atoms with Crippen LogP contribution < -0.4 is 5.32 Å². The molecule has 4 heterocycles. The third-order valence-electron chi connectivity index (χ3n) is 6.87. The summed E-state index contributed by atoms with van der Waals surface area (Å²) >= 11 is 0. The van der Waals surface area contributed by atoms with E-state index in [-0.39, 0.29) is 0 Å². The molecule has 0 amide bonds. The van der Waals surface area contributed by atoms with Crippen LogP contribution in [0.3, 0.4) is 0 Å². The van der Waals surface area contributed by atoms with Gasteiger partial charge in [0.25, 0.3) is 0 Å². The maximum absolute atomic E-state index is 5.17. The lowest BCUT2D eigenvalue weighted by Crippen LogP contribution is -2.02. The third kappa shape index (κ3) is 4.37. The molecule has 1 saturated carbocycles. The topological polar surface area (TPSA) is 73.5 Å². The highest BCUT2D eigenvalue weighted by molar-refractivity contribution is 5.82. The molecule has 5 aromatic rings. The van der Waals surface area contributed by atoms with Crippen LogP contribution in [-0.4, -0.2) is 29.3 Å². The maximum atomic E-state index is 5.17. The molecule has 1 aromatic carbocycles. The smallest absolute Gasteiger partial charge is 0.139 e. The van der Waals surface area contributed by atoms with Crippen molar-refractivity contribution in [3.63, 3.8) is 0 Å². The minimum absolute atomic E-state index is 0.358. The summed E-state index contributed by atoms with van der Waals surface area (Å²) in [6.45, 7) is 9.50. The number of nitrogens with one attached hydrogen (secondary N) is 1. The minimum Gasteiger partial charge on any atom is -0.354 e. The van der Waals surface area contributed by atoms with Gasteiger partial charge < -0.3 is 5.32 Å². The Bertz CT molecular complexity index is 1540. The molecule has 4 aromatic heterocycles. The van der Waals surface area contributed by atoms with Crippen LogP contribution in [0.25, 0.3) is 28.1 Å². The van der Waals surface area contributed by atoms with Gasteiger partial charge in [0.1, 0.15) is 12.1 Å². The van der Waals surface area contributed by atoms with Gasteiger partial charge in [0, 0.05) is 29.7 Å². The van der Waals surface area contributed by atoms with Crippen molar-refractivity contribution >= 4 is 22.4 Å². The molecule has 0 spiro atoms. The molecule has 36 heavy (non-hydrogen) atoms. The summed E-state index contributed by atoms with van der Waals surface area (Å²) in [5.74, 6) is 1.99. The summed E-state index contributed by atoms with van der Waals surface area (Å²) in [5.41, 5.74) is 9.22. The first-order chi connectivity index (χ1) is 17.4. The molecule has 1 N–H and O–H groups in total. The number of pyridine rings is 2. The zero-order chi connectivity index (χ0) is 24.8. The van der Waals surface area contributed by atoms with E-state index in [4.69, 9.17) is 10.1 Å². The number of hydrogen-bond acceptors (Lipinski definition) is 5. The van der Waals surface area contributed by atoms with E-state index in [1.165, 1.54) is 18.4 Å². The molecule has 1 aliphatic rings. The van der Waals surface area contributed by atoms with E-state index < -0.39 is 0 Å². The van der Waals surface area contributed by atoms with Crippen LogP contribution in [0, 0.1) is 19.8 Å². The van der Waals surface area contributed by atoms with E-state index in [0.29, 0.717) is 5.92 Å². The van der Waals surface area contributed by atoms with E-state index in [0.717, 1.165) is 63.3 Å². The van der Waals surface area contributed by atoms with Gasteiger partial charge in [-0.3, -0.25) is 14.2 Å². The lowest BCUT2D eigenvalue weighted by atomic mass is 9.97. The average Bonchev–Trinajstić information content (AvgIpc) is 3.46. The van der Waals surface area contributed by atoms with Gasteiger partial charge in [0.2, 0.25) is 0 Å². The Labute approximate surface area is 211 Å². The first kappa shape index (κ1) is 22.5. The van der Waals surface area contributed by atoms with E-state index in [9.17, 15) is 0 Å². The Balaban J connectivity index is 1.36. The van der Waals surface area contributed by atoms with Gasteiger partial charge >= 0.3 is 0 Å². The Kier molecular flexibility index (Phi) is 5.55.